The van der Waals surface area contributed by atoms with Crippen LogP contribution in [0.4, 0.5) is 0 Å². The van der Waals surface area contributed by atoms with Crippen LogP contribution in [0.3, 0.4) is 0 Å². The van der Waals surface area contributed by atoms with Gasteiger partial charge in [-0.05, 0) is 43.5 Å². The fraction of sp³-hybridized carbons (Fsp3) is 0.571. The molecule has 16 heavy (non-hydrogen) atoms. The molecule has 0 spiro atoms. The largest absolute Gasteiger partial charge is 0.496 e. The molecule has 0 amide bonds. The molecule has 0 aromatic carbocycles. The van der Waals surface area contributed by atoms with Gasteiger partial charge in [-0.1, -0.05) is 33.1 Å². The Hall–Kier alpha value is -1.02. The van der Waals surface area contributed by atoms with Crippen LogP contribution in [0.2, 0.25) is 0 Å². The summed E-state index contributed by atoms with van der Waals surface area (Å²) in [5.74, 6) is 1.44. The highest BCUT2D eigenvalue weighted by Crippen LogP contribution is 2.25. The topological polar surface area (TPSA) is 21.3 Å². The van der Waals surface area contributed by atoms with Gasteiger partial charge in [-0.25, -0.2) is 0 Å². The second-order valence-electron chi connectivity index (χ2n) is 3.46. The quantitative estimate of drug-likeness (QED) is 0.583. The van der Waals surface area contributed by atoms with E-state index in [-0.39, 0.29) is 0 Å². The number of allylic oxidation sites excluding steroid dienone is 3. The first-order chi connectivity index (χ1) is 7.83. The van der Waals surface area contributed by atoms with Crippen molar-refractivity contribution in [2.24, 2.45) is 5.92 Å². The van der Waals surface area contributed by atoms with Crippen molar-refractivity contribution in [3.8, 4) is 0 Å². The number of methoxy groups -OCH3 is 1. The Kier molecular flexibility index (Phi) is 8.64. The van der Waals surface area contributed by atoms with Gasteiger partial charge in [0.15, 0.2) is 0 Å². The molecule has 0 aromatic rings. The van der Waals surface area contributed by atoms with Crippen LogP contribution in [0, 0.1) is 5.92 Å². The molecular weight excluding hydrogens is 198 g/mol. The molecule has 1 rings (SSSR count). The molecule has 1 fully saturated rings. The normalized spacial score (nSPS) is 17.7. The molecule has 1 heterocycles. The summed E-state index contributed by atoms with van der Waals surface area (Å²) in [7, 11) is 1.68. The monoisotopic (exact) mass is 223 g/mol. The second kappa shape index (κ2) is 9.22. The Morgan fingerprint density at radius 2 is 1.75 bits per heavy atom. The van der Waals surface area contributed by atoms with E-state index in [2.05, 4.69) is 18.5 Å². The molecule has 0 aliphatic carbocycles. The lowest BCUT2D eigenvalue weighted by atomic mass is 9.89. The molecule has 2 heteroatoms. The Labute approximate surface area is 100 Å². The fourth-order valence-corrected chi connectivity index (χ4v) is 1.92. The summed E-state index contributed by atoms with van der Waals surface area (Å²) in [5.41, 5.74) is 1.20. The summed E-state index contributed by atoms with van der Waals surface area (Å²) in [6, 6.07) is 0. The van der Waals surface area contributed by atoms with E-state index in [4.69, 9.17) is 4.74 Å². The Balaban J connectivity index is 0.00000106. The second-order valence-corrected chi connectivity index (χ2v) is 3.46. The molecule has 0 unspecified atom stereocenters. The van der Waals surface area contributed by atoms with Crippen LogP contribution in [0.5, 0.6) is 0 Å². The number of ether oxygens (including phenoxy) is 1. The van der Waals surface area contributed by atoms with Gasteiger partial charge in [0.2, 0.25) is 0 Å². The highest BCUT2D eigenvalue weighted by Gasteiger charge is 2.18. The van der Waals surface area contributed by atoms with E-state index in [1.54, 1.807) is 13.2 Å². The minimum absolute atomic E-state index is 0.571. The molecule has 92 valence electrons. The summed E-state index contributed by atoms with van der Waals surface area (Å²) >= 11 is 0. The van der Waals surface area contributed by atoms with E-state index in [1.165, 1.54) is 5.57 Å². The number of hydrogen-bond acceptors (Lipinski definition) is 2. The van der Waals surface area contributed by atoms with Crippen LogP contribution in [-0.2, 0) is 4.74 Å². The van der Waals surface area contributed by atoms with Gasteiger partial charge < -0.3 is 10.1 Å². The Bertz CT molecular complexity index is 237. The number of nitrogens with one attached hydrogen (secondary N) is 1. The summed E-state index contributed by atoms with van der Waals surface area (Å²) in [5, 5.41) is 3.35. The minimum Gasteiger partial charge on any atom is -0.496 e. The average Bonchev–Trinajstić information content (AvgIpc) is 2.39. The third-order valence-electron chi connectivity index (χ3n) is 2.69. The standard InChI is InChI=1S/C12H19NO.C2H6/c1-4-11(12(5-2)14-3)10-6-8-13-9-7-10;1-2/h4-5,10,13H,1-2,6-9H2,3H3;1-2H3/b12-11-;. The zero-order chi connectivity index (χ0) is 12.4. The van der Waals surface area contributed by atoms with E-state index in [0.29, 0.717) is 5.92 Å². The Morgan fingerprint density at radius 3 is 2.12 bits per heavy atom. The van der Waals surface area contributed by atoms with Crippen LogP contribution in [0.15, 0.2) is 36.6 Å². The molecule has 1 saturated heterocycles. The molecule has 1 N–H and O–H groups in total. The van der Waals surface area contributed by atoms with Crippen molar-refractivity contribution in [1.82, 2.24) is 5.32 Å². The van der Waals surface area contributed by atoms with Crippen LogP contribution in [0.1, 0.15) is 26.7 Å². The molecule has 0 saturated carbocycles. The van der Waals surface area contributed by atoms with Crippen LogP contribution in [-0.4, -0.2) is 20.2 Å². The summed E-state index contributed by atoms with van der Waals surface area (Å²) in [4.78, 5) is 0. The van der Waals surface area contributed by atoms with E-state index in [0.717, 1.165) is 31.7 Å². The highest BCUT2D eigenvalue weighted by atomic mass is 16.5. The Morgan fingerprint density at radius 1 is 1.19 bits per heavy atom. The van der Waals surface area contributed by atoms with E-state index in [1.807, 2.05) is 19.9 Å². The van der Waals surface area contributed by atoms with Crippen molar-refractivity contribution in [3.63, 3.8) is 0 Å². The number of hydrogen-bond donors (Lipinski definition) is 1. The molecule has 0 radical (unpaired) electrons. The molecule has 0 bridgehead atoms. The molecular formula is C14H25NO. The van der Waals surface area contributed by atoms with Crippen molar-refractivity contribution >= 4 is 0 Å². The van der Waals surface area contributed by atoms with Crippen LogP contribution in [0.25, 0.3) is 0 Å². The lowest BCUT2D eigenvalue weighted by Gasteiger charge is -2.24. The third kappa shape index (κ3) is 4.23. The van der Waals surface area contributed by atoms with Crippen LogP contribution >= 0.6 is 0 Å². The molecule has 1 aliphatic rings. The summed E-state index contributed by atoms with van der Waals surface area (Å²) < 4.78 is 5.28. The van der Waals surface area contributed by atoms with E-state index in [9.17, 15) is 0 Å². The van der Waals surface area contributed by atoms with E-state index >= 15 is 0 Å². The summed E-state index contributed by atoms with van der Waals surface area (Å²) in [6.45, 7) is 13.8. The zero-order valence-electron chi connectivity index (χ0n) is 10.9. The lowest BCUT2D eigenvalue weighted by Crippen LogP contribution is -2.28. The maximum Gasteiger partial charge on any atom is 0.121 e. The predicted octanol–water partition coefficient (Wildman–Crippen LogP) is 3.28. The van der Waals surface area contributed by atoms with Crippen molar-refractivity contribution in [3.05, 3.63) is 36.6 Å². The van der Waals surface area contributed by atoms with Gasteiger partial charge >= 0.3 is 0 Å². The van der Waals surface area contributed by atoms with Crippen molar-refractivity contribution in [2.75, 3.05) is 20.2 Å². The predicted molar refractivity (Wildman–Crippen MR) is 71.4 cm³/mol. The number of piperidine rings is 1. The van der Waals surface area contributed by atoms with Gasteiger partial charge in [0, 0.05) is 0 Å². The first-order valence-corrected chi connectivity index (χ1v) is 6.07. The van der Waals surface area contributed by atoms with Gasteiger partial charge in [-0.3, -0.25) is 0 Å². The third-order valence-corrected chi connectivity index (χ3v) is 2.69. The van der Waals surface area contributed by atoms with Gasteiger partial charge in [-0.2, -0.15) is 0 Å². The zero-order valence-corrected chi connectivity index (χ0v) is 10.9. The SMILES string of the molecule is C=C/C(OC)=C(\C=C)C1CCNCC1.CC. The van der Waals surface area contributed by atoms with Gasteiger partial charge in [-0.15, -0.1) is 0 Å². The molecule has 2 nitrogen and oxygen atoms in total. The maximum atomic E-state index is 5.28. The number of rotatable bonds is 4. The lowest BCUT2D eigenvalue weighted by molar-refractivity contribution is 0.293. The fourth-order valence-electron chi connectivity index (χ4n) is 1.92. The van der Waals surface area contributed by atoms with Crippen molar-refractivity contribution < 1.29 is 4.74 Å². The minimum atomic E-state index is 0.571. The summed E-state index contributed by atoms with van der Waals surface area (Å²) in [6.07, 6.45) is 5.97. The molecule has 1 aliphatic heterocycles. The van der Waals surface area contributed by atoms with Crippen molar-refractivity contribution in [2.45, 2.75) is 26.7 Å². The van der Waals surface area contributed by atoms with Crippen LogP contribution < -0.4 is 5.32 Å². The molecule has 0 atom stereocenters. The van der Waals surface area contributed by atoms with E-state index < -0.39 is 0 Å². The maximum absolute atomic E-state index is 5.28. The average molecular weight is 223 g/mol. The van der Waals surface area contributed by atoms with Gasteiger partial charge in [0.05, 0.1) is 7.11 Å². The smallest absolute Gasteiger partial charge is 0.121 e. The first-order valence-electron chi connectivity index (χ1n) is 6.07. The first kappa shape index (κ1) is 15.0. The molecule has 0 aromatic heterocycles. The van der Waals surface area contributed by atoms with Gasteiger partial charge in [0.1, 0.15) is 5.76 Å². The van der Waals surface area contributed by atoms with Crippen molar-refractivity contribution in [1.29, 1.82) is 0 Å². The highest BCUT2D eigenvalue weighted by molar-refractivity contribution is 5.29. The van der Waals surface area contributed by atoms with Gasteiger partial charge in [0.25, 0.3) is 0 Å².